The van der Waals surface area contributed by atoms with Crippen LogP contribution < -0.4 is 0 Å². The zero-order valence-electron chi connectivity index (χ0n) is 17.5. The highest BCUT2D eigenvalue weighted by Crippen LogP contribution is 2.36. The summed E-state index contributed by atoms with van der Waals surface area (Å²) in [4.78, 5) is 26.0. The number of hydrogen-bond donors (Lipinski definition) is 1. The number of nitrogens with zero attached hydrogens (tertiary/aromatic N) is 1. The Morgan fingerprint density at radius 2 is 1.87 bits per heavy atom. The first-order valence-corrected chi connectivity index (χ1v) is 11.0. The van der Waals surface area contributed by atoms with Crippen molar-refractivity contribution in [2.24, 2.45) is 5.92 Å². The van der Waals surface area contributed by atoms with Crippen LogP contribution in [0.25, 0.3) is 6.08 Å². The molecule has 0 saturated carbocycles. The van der Waals surface area contributed by atoms with E-state index in [1.165, 1.54) is 40.9 Å². The van der Waals surface area contributed by atoms with Gasteiger partial charge in [-0.15, -0.1) is 0 Å². The van der Waals surface area contributed by atoms with Gasteiger partial charge in [0.25, 0.3) is 0 Å². The molecule has 2 aromatic rings. The van der Waals surface area contributed by atoms with E-state index < -0.39 is 29.4 Å². The normalized spacial score (nSPS) is 16.8. The number of benzene rings is 2. The number of rotatable bonds is 6. The van der Waals surface area contributed by atoms with Gasteiger partial charge in [0, 0.05) is 29.6 Å². The van der Waals surface area contributed by atoms with Crippen LogP contribution in [0.15, 0.2) is 52.3 Å². The molecule has 0 aliphatic carbocycles. The van der Waals surface area contributed by atoms with Crippen molar-refractivity contribution in [1.29, 1.82) is 0 Å². The van der Waals surface area contributed by atoms with Gasteiger partial charge in [0.15, 0.2) is 11.6 Å². The van der Waals surface area contributed by atoms with Gasteiger partial charge < -0.3 is 10.0 Å². The first kappa shape index (κ1) is 23.0. The van der Waals surface area contributed by atoms with Crippen LogP contribution in [0.5, 0.6) is 0 Å². The summed E-state index contributed by atoms with van der Waals surface area (Å²) in [7, 11) is 0. The Hall–Kier alpha value is -2.67. The van der Waals surface area contributed by atoms with Crippen molar-refractivity contribution in [3.63, 3.8) is 0 Å². The van der Waals surface area contributed by atoms with Crippen molar-refractivity contribution >= 4 is 29.7 Å². The number of aliphatic carboxylic acids is 1. The monoisotopic (exact) mass is 445 g/mol. The zero-order chi connectivity index (χ0) is 22.5. The zero-order valence-corrected chi connectivity index (χ0v) is 18.3. The van der Waals surface area contributed by atoms with Gasteiger partial charge in [-0.05, 0) is 42.5 Å². The van der Waals surface area contributed by atoms with E-state index in [1.807, 2.05) is 38.1 Å². The fourth-order valence-corrected chi connectivity index (χ4v) is 4.69. The van der Waals surface area contributed by atoms with Gasteiger partial charge in [0.2, 0.25) is 5.91 Å². The van der Waals surface area contributed by atoms with Crippen LogP contribution in [-0.2, 0) is 9.59 Å². The number of carboxylic acid groups (broad SMARTS) is 1. The molecule has 4 nitrogen and oxygen atoms in total. The molecule has 7 heteroatoms. The smallest absolute Gasteiger partial charge is 0.308 e. The number of likely N-dealkylation sites (tertiary alicyclic amines) is 1. The fourth-order valence-electron chi connectivity index (χ4n) is 3.57. The van der Waals surface area contributed by atoms with E-state index in [0.29, 0.717) is 19.4 Å². The number of carboxylic acids is 1. The van der Waals surface area contributed by atoms with Gasteiger partial charge in [-0.25, -0.2) is 8.78 Å². The third-order valence-corrected chi connectivity index (χ3v) is 6.45. The van der Waals surface area contributed by atoms with Gasteiger partial charge in [0.1, 0.15) is 0 Å². The molecule has 1 amide bonds. The third-order valence-electron chi connectivity index (χ3n) is 5.33. The molecule has 1 unspecified atom stereocenters. The predicted molar refractivity (Wildman–Crippen MR) is 117 cm³/mol. The van der Waals surface area contributed by atoms with E-state index >= 15 is 0 Å². The number of piperidine rings is 1. The quantitative estimate of drug-likeness (QED) is 0.590. The summed E-state index contributed by atoms with van der Waals surface area (Å²) in [5.41, 5.74) is 1.03. The number of halogens is 2. The predicted octanol–water partition coefficient (Wildman–Crippen LogP) is 5.58. The van der Waals surface area contributed by atoms with E-state index in [4.69, 9.17) is 5.11 Å². The van der Waals surface area contributed by atoms with Crippen molar-refractivity contribution in [3.8, 4) is 0 Å². The Morgan fingerprint density at radius 3 is 2.58 bits per heavy atom. The molecule has 0 radical (unpaired) electrons. The Kier molecular flexibility index (Phi) is 7.49. The summed E-state index contributed by atoms with van der Waals surface area (Å²) >= 11 is 1.17. The molecule has 1 fully saturated rings. The molecule has 2 aromatic carbocycles. The lowest BCUT2D eigenvalue weighted by Crippen LogP contribution is -2.41. The third kappa shape index (κ3) is 5.53. The summed E-state index contributed by atoms with van der Waals surface area (Å²) in [6.45, 7) is 4.67. The second kappa shape index (κ2) is 10.1. The summed E-state index contributed by atoms with van der Waals surface area (Å²) in [6.07, 6.45) is 3.54. The van der Waals surface area contributed by atoms with Gasteiger partial charge in [0.05, 0.1) is 10.8 Å². The van der Waals surface area contributed by atoms with Gasteiger partial charge in [-0.3, -0.25) is 9.59 Å². The van der Waals surface area contributed by atoms with Crippen molar-refractivity contribution in [1.82, 2.24) is 4.90 Å². The van der Waals surface area contributed by atoms with Crippen molar-refractivity contribution < 1.29 is 23.5 Å². The SMILES string of the molecule is CC(C)c1ccccc1Sc1ccc(/C=C/C(=O)N2CCCC(C(=O)O)C2)c(F)c1F. The van der Waals surface area contributed by atoms with E-state index in [0.717, 1.165) is 10.5 Å². The Bertz CT molecular complexity index is 1010. The first-order chi connectivity index (χ1) is 14.8. The minimum Gasteiger partial charge on any atom is -0.481 e. The molecule has 0 bridgehead atoms. The van der Waals surface area contributed by atoms with E-state index in [9.17, 15) is 18.4 Å². The van der Waals surface area contributed by atoms with Crippen LogP contribution in [0.2, 0.25) is 0 Å². The maximum atomic E-state index is 14.7. The number of hydrogen-bond acceptors (Lipinski definition) is 3. The average molecular weight is 446 g/mol. The lowest BCUT2D eigenvalue weighted by Gasteiger charge is -2.29. The number of carbonyl (C=O) groups is 2. The molecule has 1 N–H and O–H groups in total. The summed E-state index contributed by atoms with van der Waals surface area (Å²) in [5.74, 6) is -3.65. The van der Waals surface area contributed by atoms with Crippen molar-refractivity contribution in [3.05, 3.63) is 65.2 Å². The van der Waals surface area contributed by atoms with Crippen LogP contribution >= 0.6 is 11.8 Å². The molecule has 31 heavy (non-hydrogen) atoms. The van der Waals surface area contributed by atoms with Crippen molar-refractivity contribution in [2.75, 3.05) is 13.1 Å². The molecule has 0 aromatic heterocycles. The highest BCUT2D eigenvalue weighted by molar-refractivity contribution is 7.99. The molecule has 1 heterocycles. The maximum absolute atomic E-state index is 14.7. The summed E-state index contributed by atoms with van der Waals surface area (Å²) < 4.78 is 29.4. The number of amides is 1. The molecule has 164 valence electrons. The molecule has 1 saturated heterocycles. The van der Waals surface area contributed by atoms with Gasteiger partial charge >= 0.3 is 5.97 Å². The van der Waals surface area contributed by atoms with E-state index in [-0.39, 0.29) is 22.9 Å². The summed E-state index contributed by atoms with van der Waals surface area (Å²) in [5, 5.41) is 9.14. The largest absolute Gasteiger partial charge is 0.481 e. The molecular formula is C24H25F2NO3S. The van der Waals surface area contributed by atoms with Crippen LogP contribution in [-0.4, -0.2) is 35.0 Å². The average Bonchev–Trinajstić information content (AvgIpc) is 2.76. The highest BCUT2D eigenvalue weighted by Gasteiger charge is 2.27. The summed E-state index contributed by atoms with van der Waals surface area (Å²) in [6, 6.07) is 10.6. The standard InChI is InChI=1S/C24H25F2NO3S/c1-15(2)18-7-3-4-8-19(18)31-20-11-9-16(22(25)23(20)26)10-12-21(28)27-13-5-6-17(14-27)24(29)30/h3-4,7-12,15,17H,5-6,13-14H2,1-2H3,(H,29,30)/b12-10+. The molecular weight excluding hydrogens is 420 g/mol. The lowest BCUT2D eigenvalue weighted by molar-refractivity contribution is -0.144. The highest BCUT2D eigenvalue weighted by atomic mass is 32.2. The minimum atomic E-state index is -1.02. The molecule has 1 aliphatic heterocycles. The molecule has 3 rings (SSSR count). The van der Waals surface area contributed by atoms with Crippen LogP contribution in [0.3, 0.4) is 0 Å². The van der Waals surface area contributed by atoms with E-state index in [2.05, 4.69) is 0 Å². The maximum Gasteiger partial charge on any atom is 0.308 e. The molecule has 1 atom stereocenters. The molecule has 0 spiro atoms. The van der Waals surface area contributed by atoms with Gasteiger partial charge in [-0.1, -0.05) is 49.9 Å². The lowest BCUT2D eigenvalue weighted by atomic mass is 9.98. The van der Waals surface area contributed by atoms with Crippen molar-refractivity contribution in [2.45, 2.75) is 42.4 Å². The van der Waals surface area contributed by atoms with Crippen LogP contribution in [0.1, 0.15) is 43.7 Å². The Labute approximate surface area is 185 Å². The topological polar surface area (TPSA) is 57.6 Å². The molecule has 1 aliphatic rings. The Morgan fingerprint density at radius 1 is 1.13 bits per heavy atom. The Balaban J connectivity index is 1.75. The number of carbonyl (C=O) groups excluding carboxylic acids is 1. The second-order valence-corrected chi connectivity index (χ2v) is 8.95. The van der Waals surface area contributed by atoms with Crippen LogP contribution in [0.4, 0.5) is 8.78 Å². The van der Waals surface area contributed by atoms with Gasteiger partial charge in [-0.2, -0.15) is 0 Å². The fraction of sp³-hybridized carbons (Fsp3) is 0.333. The second-order valence-electron chi connectivity index (χ2n) is 7.87. The van der Waals surface area contributed by atoms with E-state index in [1.54, 1.807) is 0 Å². The first-order valence-electron chi connectivity index (χ1n) is 10.2. The van der Waals surface area contributed by atoms with Crippen LogP contribution in [0, 0.1) is 17.6 Å². The minimum absolute atomic E-state index is 0.0286.